The molecule has 1 aromatic rings. The molecule has 2 amide bonds. The van der Waals surface area contributed by atoms with Crippen molar-refractivity contribution in [3.63, 3.8) is 0 Å². The van der Waals surface area contributed by atoms with Gasteiger partial charge in [-0.25, -0.2) is 13.6 Å². The highest BCUT2D eigenvalue weighted by Gasteiger charge is 2.19. The van der Waals surface area contributed by atoms with E-state index in [0.29, 0.717) is 13.1 Å². The first kappa shape index (κ1) is 13.3. The first-order valence-electron chi connectivity index (χ1n) is 5.78. The number of urea groups is 1. The smallest absolute Gasteiger partial charge is 0.321 e. The minimum atomic E-state index is -0.785. The molecule has 0 aliphatic carbocycles. The van der Waals surface area contributed by atoms with Gasteiger partial charge in [-0.05, 0) is 41.3 Å². The number of anilines is 1. The molecule has 1 fully saturated rings. The van der Waals surface area contributed by atoms with Crippen LogP contribution in [0.3, 0.4) is 0 Å². The summed E-state index contributed by atoms with van der Waals surface area (Å²) < 4.78 is 26.6. The van der Waals surface area contributed by atoms with E-state index in [1.807, 2.05) is 0 Å². The van der Waals surface area contributed by atoms with Crippen LogP contribution in [-0.4, -0.2) is 24.0 Å². The first-order chi connectivity index (χ1) is 8.58. The molecule has 0 aromatic heterocycles. The van der Waals surface area contributed by atoms with Crippen LogP contribution in [0.25, 0.3) is 0 Å². The van der Waals surface area contributed by atoms with E-state index in [2.05, 4.69) is 21.2 Å². The first-order valence-corrected chi connectivity index (χ1v) is 6.57. The predicted molar refractivity (Wildman–Crippen MR) is 68.5 cm³/mol. The summed E-state index contributed by atoms with van der Waals surface area (Å²) in [7, 11) is 0. The highest BCUT2D eigenvalue weighted by atomic mass is 79.9. The number of carbonyl (C=O) groups excluding carboxylic acids is 1. The van der Waals surface area contributed by atoms with E-state index >= 15 is 0 Å². The third kappa shape index (κ3) is 2.98. The molecule has 2 rings (SSSR count). The third-order valence-electron chi connectivity index (χ3n) is 2.88. The maximum Gasteiger partial charge on any atom is 0.321 e. The average molecular weight is 319 g/mol. The molecule has 1 aliphatic heterocycles. The number of hydrogen-bond donors (Lipinski definition) is 1. The lowest BCUT2D eigenvalue weighted by atomic mass is 10.1. The molecule has 0 atom stereocenters. The summed E-state index contributed by atoms with van der Waals surface area (Å²) in [5, 5.41) is 2.47. The molecule has 0 spiro atoms. The van der Waals surface area contributed by atoms with Crippen LogP contribution in [0, 0.1) is 11.6 Å². The van der Waals surface area contributed by atoms with Crippen molar-refractivity contribution in [2.24, 2.45) is 0 Å². The molecule has 6 heteroatoms. The number of rotatable bonds is 1. The zero-order chi connectivity index (χ0) is 13.1. The van der Waals surface area contributed by atoms with E-state index in [-0.39, 0.29) is 16.2 Å². The summed E-state index contributed by atoms with van der Waals surface area (Å²) in [6, 6.07) is 1.52. The molecule has 0 radical (unpaired) electrons. The van der Waals surface area contributed by atoms with Gasteiger partial charge in [0.05, 0.1) is 5.69 Å². The molecule has 0 unspecified atom stereocenters. The predicted octanol–water partition coefficient (Wildman–Crippen LogP) is 3.75. The number of piperidine rings is 1. The van der Waals surface area contributed by atoms with E-state index in [9.17, 15) is 13.6 Å². The van der Waals surface area contributed by atoms with Gasteiger partial charge in [-0.15, -0.1) is 0 Å². The Labute approximate surface area is 112 Å². The summed E-state index contributed by atoms with van der Waals surface area (Å²) in [5.41, 5.74) is -0.0213. The van der Waals surface area contributed by atoms with Crippen LogP contribution in [-0.2, 0) is 0 Å². The van der Waals surface area contributed by atoms with Crippen molar-refractivity contribution in [2.45, 2.75) is 19.3 Å². The maximum absolute atomic E-state index is 13.5. The summed E-state index contributed by atoms with van der Waals surface area (Å²) in [5.74, 6) is -1.47. The number of carbonyl (C=O) groups is 1. The number of benzene rings is 1. The topological polar surface area (TPSA) is 32.3 Å². The Morgan fingerprint density at radius 1 is 1.22 bits per heavy atom. The SMILES string of the molecule is O=C(Nc1c(F)cc(F)cc1Br)N1CCCCC1. The van der Waals surface area contributed by atoms with Gasteiger partial charge in [0.1, 0.15) is 5.82 Å². The van der Waals surface area contributed by atoms with Gasteiger partial charge in [0, 0.05) is 23.6 Å². The van der Waals surface area contributed by atoms with Crippen molar-refractivity contribution in [3.05, 3.63) is 28.2 Å². The van der Waals surface area contributed by atoms with Gasteiger partial charge in [0.15, 0.2) is 5.82 Å². The molecule has 18 heavy (non-hydrogen) atoms. The Kier molecular flexibility index (Phi) is 4.16. The summed E-state index contributed by atoms with van der Waals surface area (Å²) in [6.07, 6.45) is 3.03. The van der Waals surface area contributed by atoms with Crippen molar-refractivity contribution >= 4 is 27.6 Å². The van der Waals surface area contributed by atoms with Gasteiger partial charge in [0.25, 0.3) is 0 Å². The van der Waals surface area contributed by atoms with E-state index in [4.69, 9.17) is 0 Å². The molecule has 1 N–H and O–H groups in total. The second-order valence-electron chi connectivity index (χ2n) is 4.22. The fourth-order valence-corrected chi connectivity index (χ4v) is 2.45. The zero-order valence-corrected chi connectivity index (χ0v) is 11.3. The number of amides is 2. The van der Waals surface area contributed by atoms with Crippen LogP contribution < -0.4 is 5.32 Å². The number of halogens is 3. The molecule has 1 saturated heterocycles. The normalized spacial score (nSPS) is 15.6. The Hall–Kier alpha value is -1.17. The van der Waals surface area contributed by atoms with E-state index in [1.54, 1.807) is 4.90 Å². The Bertz CT molecular complexity index is 438. The van der Waals surface area contributed by atoms with Crippen LogP contribution in [0.15, 0.2) is 16.6 Å². The molecule has 98 valence electrons. The number of likely N-dealkylation sites (tertiary alicyclic amines) is 1. The van der Waals surface area contributed by atoms with Gasteiger partial charge < -0.3 is 10.2 Å². The molecule has 1 aliphatic rings. The van der Waals surface area contributed by atoms with Crippen LogP contribution in [0.4, 0.5) is 19.3 Å². The van der Waals surface area contributed by atoms with E-state index in [0.717, 1.165) is 31.4 Å². The van der Waals surface area contributed by atoms with Gasteiger partial charge in [-0.2, -0.15) is 0 Å². The molecule has 1 heterocycles. The summed E-state index contributed by atoms with van der Waals surface area (Å²) in [6.45, 7) is 1.35. The lowest BCUT2D eigenvalue weighted by Gasteiger charge is -2.27. The maximum atomic E-state index is 13.5. The molecule has 0 saturated carbocycles. The minimum absolute atomic E-state index is 0.0213. The lowest BCUT2D eigenvalue weighted by molar-refractivity contribution is 0.200. The van der Waals surface area contributed by atoms with Crippen molar-refractivity contribution < 1.29 is 13.6 Å². The number of nitrogens with one attached hydrogen (secondary N) is 1. The number of nitrogens with zero attached hydrogens (tertiary/aromatic N) is 1. The van der Waals surface area contributed by atoms with Gasteiger partial charge in [-0.1, -0.05) is 0 Å². The van der Waals surface area contributed by atoms with Crippen molar-refractivity contribution in [2.75, 3.05) is 18.4 Å². The molecular formula is C12H13BrF2N2O. The highest BCUT2D eigenvalue weighted by molar-refractivity contribution is 9.10. The molecule has 0 bridgehead atoms. The Balaban J connectivity index is 2.11. The Morgan fingerprint density at radius 3 is 2.50 bits per heavy atom. The van der Waals surface area contributed by atoms with E-state index < -0.39 is 11.6 Å². The van der Waals surface area contributed by atoms with Gasteiger partial charge in [0.2, 0.25) is 0 Å². The number of hydrogen-bond acceptors (Lipinski definition) is 1. The largest absolute Gasteiger partial charge is 0.325 e. The van der Waals surface area contributed by atoms with Crippen molar-refractivity contribution in [1.29, 1.82) is 0 Å². The van der Waals surface area contributed by atoms with E-state index in [1.165, 1.54) is 0 Å². The monoisotopic (exact) mass is 318 g/mol. The third-order valence-corrected chi connectivity index (χ3v) is 3.51. The minimum Gasteiger partial charge on any atom is -0.325 e. The highest BCUT2D eigenvalue weighted by Crippen LogP contribution is 2.27. The van der Waals surface area contributed by atoms with Crippen LogP contribution in [0.5, 0.6) is 0 Å². The van der Waals surface area contributed by atoms with Crippen molar-refractivity contribution in [1.82, 2.24) is 4.90 Å². The second-order valence-corrected chi connectivity index (χ2v) is 5.08. The molecular weight excluding hydrogens is 306 g/mol. The van der Waals surface area contributed by atoms with Crippen LogP contribution in [0.1, 0.15) is 19.3 Å². The van der Waals surface area contributed by atoms with Crippen molar-refractivity contribution in [3.8, 4) is 0 Å². The fourth-order valence-electron chi connectivity index (χ4n) is 1.94. The summed E-state index contributed by atoms with van der Waals surface area (Å²) in [4.78, 5) is 13.5. The molecule has 1 aromatic carbocycles. The van der Waals surface area contributed by atoms with Crippen LogP contribution in [0.2, 0.25) is 0 Å². The Morgan fingerprint density at radius 2 is 1.89 bits per heavy atom. The zero-order valence-electron chi connectivity index (χ0n) is 9.68. The standard InChI is InChI=1S/C12H13BrF2N2O/c13-9-6-8(14)7-10(15)11(9)16-12(18)17-4-2-1-3-5-17/h6-7H,1-5H2,(H,16,18). The van der Waals surface area contributed by atoms with Gasteiger partial charge >= 0.3 is 6.03 Å². The summed E-state index contributed by atoms with van der Waals surface area (Å²) >= 11 is 3.04. The fraction of sp³-hybridized carbons (Fsp3) is 0.417. The second kappa shape index (κ2) is 5.65. The molecule has 3 nitrogen and oxygen atoms in total. The van der Waals surface area contributed by atoms with Crippen LogP contribution >= 0.6 is 15.9 Å². The average Bonchev–Trinajstić information content (AvgIpc) is 2.34. The quantitative estimate of drug-likeness (QED) is 0.840. The van der Waals surface area contributed by atoms with Gasteiger partial charge in [-0.3, -0.25) is 0 Å². The lowest BCUT2D eigenvalue weighted by Crippen LogP contribution is -2.38.